The Morgan fingerprint density at radius 1 is 1.59 bits per heavy atom. The van der Waals surface area contributed by atoms with Crippen LogP contribution in [0.1, 0.15) is 26.3 Å². The first-order valence-corrected chi connectivity index (χ1v) is 5.37. The van der Waals surface area contributed by atoms with Crippen LogP contribution in [0.4, 0.5) is 4.39 Å². The summed E-state index contributed by atoms with van der Waals surface area (Å²) in [4.78, 5) is 15.1. The summed E-state index contributed by atoms with van der Waals surface area (Å²) >= 11 is 0. The SMILES string of the molecule is CC(C)(C)OC(=O)C(N)Cc1cccnc1F. The van der Waals surface area contributed by atoms with Crippen molar-refractivity contribution in [2.24, 2.45) is 5.73 Å². The number of hydrogen-bond donors (Lipinski definition) is 1. The summed E-state index contributed by atoms with van der Waals surface area (Å²) in [7, 11) is 0. The molecule has 0 aromatic carbocycles. The van der Waals surface area contributed by atoms with E-state index in [0.717, 1.165) is 0 Å². The Bertz CT molecular complexity index is 402. The van der Waals surface area contributed by atoms with Crippen LogP contribution in [0.2, 0.25) is 0 Å². The molecule has 1 atom stereocenters. The standard InChI is InChI=1S/C12H17FN2O2/c1-12(2,3)17-11(16)9(14)7-8-5-4-6-15-10(8)13/h4-6,9H,7,14H2,1-3H3. The van der Waals surface area contributed by atoms with E-state index in [1.54, 1.807) is 32.9 Å². The molecule has 5 heteroatoms. The zero-order valence-electron chi connectivity index (χ0n) is 10.2. The lowest BCUT2D eigenvalue weighted by atomic mass is 10.1. The summed E-state index contributed by atoms with van der Waals surface area (Å²) in [6, 6.07) is 2.26. The Hall–Kier alpha value is -1.49. The third-order valence-corrected chi connectivity index (χ3v) is 1.99. The fraction of sp³-hybridized carbons (Fsp3) is 0.500. The van der Waals surface area contributed by atoms with E-state index < -0.39 is 23.6 Å². The number of aromatic nitrogens is 1. The number of carbonyl (C=O) groups is 1. The maximum Gasteiger partial charge on any atom is 0.323 e. The predicted molar refractivity (Wildman–Crippen MR) is 61.7 cm³/mol. The lowest BCUT2D eigenvalue weighted by molar-refractivity contribution is -0.156. The molecule has 0 aliphatic heterocycles. The van der Waals surface area contributed by atoms with E-state index in [0.29, 0.717) is 5.56 Å². The second-order valence-corrected chi connectivity index (χ2v) is 4.80. The van der Waals surface area contributed by atoms with Crippen LogP contribution in [0.25, 0.3) is 0 Å². The molecule has 0 saturated heterocycles. The number of hydrogen-bond acceptors (Lipinski definition) is 4. The van der Waals surface area contributed by atoms with Crippen LogP contribution >= 0.6 is 0 Å². The van der Waals surface area contributed by atoms with E-state index in [2.05, 4.69) is 4.98 Å². The van der Waals surface area contributed by atoms with Gasteiger partial charge >= 0.3 is 5.97 Å². The van der Waals surface area contributed by atoms with E-state index in [4.69, 9.17) is 10.5 Å². The Kier molecular flexibility index (Phi) is 4.17. The number of ether oxygens (including phenoxy) is 1. The molecule has 17 heavy (non-hydrogen) atoms. The quantitative estimate of drug-likeness (QED) is 0.641. The molecule has 0 spiro atoms. The molecule has 0 aliphatic carbocycles. The van der Waals surface area contributed by atoms with Crippen molar-refractivity contribution >= 4 is 5.97 Å². The smallest absolute Gasteiger partial charge is 0.323 e. The van der Waals surface area contributed by atoms with Gasteiger partial charge in [-0.2, -0.15) is 4.39 Å². The molecule has 0 amide bonds. The molecular formula is C12H17FN2O2. The molecule has 0 bridgehead atoms. The molecule has 0 saturated carbocycles. The minimum absolute atomic E-state index is 0.0780. The van der Waals surface area contributed by atoms with Crippen molar-refractivity contribution < 1.29 is 13.9 Å². The maximum absolute atomic E-state index is 13.2. The summed E-state index contributed by atoms with van der Waals surface area (Å²) < 4.78 is 18.3. The Labute approximate surface area is 100.0 Å². The topological polar surface area (TPSA) is 65.2 Å². The molecular weight excluding hydrogens is 223 g/mol. The third-order valence-electron chi connectivity index (χ3n) is 1.99. The summed E-state index contributed by atoms with van der Waals surface area (Å²) in [5, 5.41) is 0. The monoisotopic (exact) mass is 240 g/mol. The van der Waals surface area contributed by atoms with Crippen LogP contribution in [0, 0.1) is 5.95 Å². The first kappa shape index (κ1) is 13.6. The van der Waals surface area contributed by atoms with Crippen molar-refractivity contribution in [2.45, 2.75) is 38.8 Å². The van der Waals surface area contributed by atoms with Crippen molar-refractivity contribution in [1.29, 1.82) is 0 Å². The molecule has 0 radical (unpaired) electrons. The molecule has 1 rings (SSSR count). The van der Waals surface area contributed by atoms with Crippen molar-refractivity contribution in [2.75, 3.05) is 0 Å². The van der Waals surface area contributed by atoms with Crippen LogP contribution in [-0.4, -0.2) is 22.6 Å². The highest BCUT2D eigenvalue weighted by molar-refractivity contribution is 5.76. The zero-order chi connectivity index (χ0) is 13.1. The molecule has 2 N–H and O–H groups in total. The van der Waals surface area contributed by atoms with Gasteiger partial charge in [0.05, 0.1) is 0 Å². The lowest BCUT2D eigenvalue weighted by Crippen LogP contribution is -2.39. The molecule has 0 aliphatic rings. The highest BCUT2D eigenvalue weighted by Gasteiger charge is 2.23. The number of rotatable bonds is 3. The Balaban J connectivity index is 2.64. The molecule has 4 nitrogen and oxygen atoms in total. The molecule has 1 aromatic rings. The summed E-state index contributed by atoms with van der Waals surface area (Å²) in [6.45, 7) is 5.26. The van der Waals surface area contributed by atoms with Gasteiger partial charge in [0.2, 0.25) is 5.95 Å². The number of nitrogens with two attached hydrogens (primary N) is 1. The van der Waals surface area contributed by atoms with Crippen LogP contribution in [0.5, 0.6) is 0 Å². The summed E-state index contributed by atoms with van der Waals surface area (Å²) in [5.41, 5.74) is 5.37. The summed E-state index contributed by atoms with van der Waals surface area (Å²) in [5.74, 6) is -1.15. The minimum atomic E-state index is -0.882. The highest BCUT2D eigenvalue weighted by Crippen LogP contribution is 2.11. The van der Waals surface area contributed by atoms with Crippen LogP contribution in [-0.2, 0) is 16.0 Å². The first-order chi connectivity index (χ1) is 7.79. The average Bonchev–Trinajstić information content (AvgIpc) is 2.18. The fourth-order valence-electron chi connectivity index (χ4n) is 1.27. The molecule has 94 valence electrons. The van der Waals surface area contributed by atoms with E-state index in [1.807, 2.05) is 0 Å². The second-order valence-electron chi connectivity index (χ2n) is 4.80. The van der Waals surface area contributed by atoms with Gasteiger partial charge in [-0.1, -0.05) is 6.07 Å². The van der Waals surface area contributed by atoms with Crippen molar-refractivity contribution in [3.8, 4) is 0 Å². The van der Waals surface area contributed by atoms with E-state index in [1.165, 1.54) is 6.20 Å². The number of pyridine rings is 1. The Morgan fingerprint density at radius 3 is 2.76 bits per heavy atom. The van der Waals surface area contributed by atoms with Gasteiger partial charge in [0.1, 0.15) is 11.6 Å². The van der Waals surface area contributed by atoms with Crippen molar-refractivity contribution in [1.82, 2.24) is 4.98 Å². The molecule has 1 heterocycles. The van der Waals surface area contributed by atoms with Gasteiger partial charge in [0.15, 0.2) is 0 Å². The average molecular weight is 240 g/mol. The lowest BCUT2D eigenvalue weighted by Gasteiger charge is -2.22. The third kappa shape index (κ3) is 4.48. The van der Waals surface area contributed by atoms with Crippen molar-refractivity contribution in [3.05, 3.63) is 29.8 Å². The summed E-state index contributed by atoms with van der Waals surface area (Å²) in [6.07, 6.45) is 1.42. The van der Waals surface area contributed by atoms with E-state index in [9.17, 15) is 9.18 Å². The fourth-order valence-corrected chi connectivity index (χ4v) is 1.27. The van der Waals surface area contributed by atoms with Gasteiger partial charge in [-0.15, -0.1) is 0 Å². The second kappa shape index (κ2) is 5.23. The van der Waals surface area contributed by atoms with Gasteiger partial charge in [-0.3, -0.25) is 4.79 Å². The van der Waals surface area contributed by atoms with Crippen molar-refractivity contribution in [3.63, 3.8) is 0 Å². The van der Waals surface area contributed by atoms with Gasteiger partial charge in [0, 0.05) is 18.2 Å². The number of carbonyl (C=O) groups excluding carboxylic acids is 1. The van der Waals surface area contributed by atoms with E-state index >= 15 is 0 Å². The maximum atomic E-state index is 13.2. The van der Waals surface area contributed by atoms with Gasteiger partial charge in [-0.25, -0.2) is 4.98 Å². The van der Waals surface area contributed by atoms with Crippen LogP contribution in [0.3, 0.4) is 0 Å². The number of esters is 1. The predicted octanol–water partition coefficient (Wildman–Crippen LogP) is 1.43. The Morgan fingerprint density at radius 2 is 2.24 bits per heavy atom. The van der Waals surface area contributed by atoms with Gasteiger partial charge < -0.3 is 10.5 Å². The number of halogens is 1. The van der Waals surface area contributed by atoms with Crippen LogP contribution in [0.15, 0.2) is 18.3 Å². The van der Waals surface area contributed by atoms with Crippen LogP contribution < -0.4 is 5.73 Å². The molecule has 1 aromatic heterocycles. The largest absolute Gasteiger partial charge is 0.459 e. The molecule has 1 unspecified atom stereocenters. The zero-order valence-corrected chi connectivity index (χ0v) is 10.2. The molecule has 0 fully saturated rings. The highest BCUT2D eigenvalue weighted by atomic mass is 19.1. The number of nitrogens with zero attached hydrogens (tertiary/aromatic N) is 1. The first-order valence-electron chi connectivity index (χ1n) is 5.37. The van der Waals surface area contributed by atoms with E-state index in [-0.39, 0.29) is 6.42 Å². The minimum Gasteiger partial charge on any atom is -0.459 e. The van der Waals surface area contributed by atoms with Gasteiger partial charge in [-0.05, 0) is 26.8 Å². The normalized spacial score (nSPS) is 13.2. The van der Waals surface area contributed by atoms with Gasteiger partial charge in [0.25, 0.3) is 0 Å².